The van der Waals surface area contributed by atoms with Gasteiger partial charge in [-0.1, -0.05) is 0 Å². The summed E-state index contributed by atoms with van der Waals surface area (Å²) >= 11 is 0. The molecule has 0 bridgehead atoms. The van der Waals surface area contributed by atoms with Crippen LogP contribution in [0.15, 0.2) is 23.7 Å². The second kappa shape index (κ2) is 5.26. The fraction of sp³-hybridized carbons (Fsp3) is 0.667. The van der Waals surface area contributed by atoms with Gasteiger partial charge in [-0.05, 0) is 39.5 Å². The number of carbonyl (C=O) groups excluding carboxylic acids is 2. The number of fused-ring (bicyclic) bond motifs is 1. The smallest absolute Gasteiger partial charge is 0.334 e. The van der Waals surface area contributed by atoms with E-state index in [1.807, 2.05) is 13.8 Å². The van der Waals surface area contributed by atoms with Gasteiger partial charge in [0.1, 0.15) is 11.5 Å². The van der Waals surface area contributed by atoms with E-state index in [4.69, 9.17) is 18.9 Å². The van der Waals surface area contributed by atoms with Crippen molar-refractivity contribution >= 4 is 11.9 Å². The Morgan fingerprint density at radius 1 is 0.792 bits per heavy atom. The van der Waals surface area contributed by atoms with Crippen molar-refractivity contribution in [3.8, 4) is 0 Å². The number of hydrogen-bond acceptors (Lipinski definition) is 6. The fourth-order valence-electron chi connectivity index (χ4n) is 4.45. The van der Waals surface area contributed by atoms with Crippen LogP contribution in [0, 0.1) is 11.8 Å². The molecule has 4 atom stereocenters. The molecular weight excluding hydrogens is 312 g/mol. The van der Waals surface area contributed by atoms with E-state index in [0.29, 0.717) is 24.7 Å². The van der Waals surface area contributed by atoms with Crippen molar-refractivity contribution in [3.05, 3.63) is 23.7 Å². The fourth-order valence-corrected chi connectivity index (χ4v) is 4.45. The van der Waals surface area contributed by atoms with Gasteiger partial charge in [0, 0.05) is 0 Å². The molecule has 1 saturated carbocycles. The third-order valence-corrected chi connectivity index (χ3v) is 5.84. The van der Waals surface area contributed by atoms with Gasteiger partial charge >= 0.3 is 11.9 Å². The summed E-state index contributed by atoms with van der Waals surface area (Å²) in [6.07, 6.45) is 6.82. The van der Waals surface area contributed by atoms with Crippen LogP contribution >= 0.6 is 0 Å². The Labute approximate surface area is 140 Å². The molecule has 6 heteroatoms. The van der Waals surface area contributed by atoms with Crippen LogP contribution in [0.25, 0.3) is 0 Å². The van der Waals surface area contributed by atoms with Gasteiger partial charge in [0.2, 0.25) is 0 Å². The van der Waals surface area contributed by atoms with Gasteiger partial charge in [0.15, 0.2) is 11.2 Å². The minimum atomic E-state index is -0.943. The molecule has 24 heavy (non-hydrogen) atoms. The van der Waals surface area contributed by atoms with Crippen LogP contribution in [0.3, 0.4) is 0 Å². The normalized spacial score (nSPS) is 41.4. The average Bonchev–Trinajstić information content (AvgIpc) is 2.49. The molecule has 1 aliphatic carbocycles. The predicted octanol–water partition coefficient (Wildman–Crippen LogP) is 2.24. The Kier molecular flexibility index (Phi) is 3.41. The lowest BCUT2D eigenvalue weighted by molar-refractivity contribution is -0.302. The molecule has 0 N–H and O–H groups in total. The van der Waals surface area contributed by atoms with E-state index >= 15 is 0 Å². The maximum atomic E-state index is 12.1. The summed E-state index contributed by atoms with van der Waals surface area (Å²) in [7, 11) is 0. The van der Waals surface area contributed by atoms with Crippen molar-refractivity contribution in [1.82, 2.24) is 0 Å². The molecule has 0 amide bonds. The Bertz CT molecular complexity index is 594. The van der Waals surface area contributed by atoms with Crippen molar-refractivity contribution in [2.24, 2.45) is 11.8 Å². The summed E-state index contributed by atoms with van der Waals surface area (Å²) in [5.41, 5.74) is -1.89. The van der Waals surface area contributed by atoms with Gasteiger partial charge in [-0.15, -0.1) is 0 Å². The molecule has 6 nitrogen and oxygen atoms in total. The van der Waals surface area contributed by atoms with Gasteiger partial charge < -0.3 is 18.9 Å². The molecule has 0 aromatic carbocycles. The van der Waals surface area contributed by atoms with E-state index < -0.39 is 23.1 Å². The van der Waals surface area contributed by atoms with Gasteiger partial charge in [-0.2, -0.15) is 0 Å². The molecule has 130 valence electrons. The van der Waals surface area contributed by atoms with Gasteiger partial charge in [0.25, 0.3) is 0 Å². The Morgan fingerprint density at radius 2 is 1.21 bits per heavy atom. The van der Waals surface area contributed by atoms with Crippen LogP contribution in [0.4, 0.5) is 0 Å². The molecule has 2 fully saturated rings. The highest BCUT2D eigenvalue weighted by atomic mass is 16.6. The third kappa shape index (κ3) is 2.01. The zero-order valence-corrected chi connectivity index (χ0v) is 14.0. The molecule has 0 unspecified atom stereocenters. The van der Waals surface area contributed by atoms with Crippen LogP contribution in [-0.2, 0) is 28.5 Å². The van der Waals surface area contributed by atoms with Crippen molar-refractivity contribution in [2.45, 2.75) is 50.7 Å². The summed E-state index contributed by atoms with van der Waals surface area (Å²) in [5.74, 6) is -0.0707. The standard InChI is InChI=1S/C18H22O6/c1-17-15-11(9-13(19)23-17)21-7-5-3-4-6-8-22-12-10-14(20)24-18(17,2)16(12)15/h9-10,15-16H,3-8H2,1-2H3/t15-,16-,17-,18-/m1/s1. The van der Waals surface area contributed by atoms with Gasteiger partial charge in [-0.3, -0.25) is 0 Å². The van der Waals surface area contributed by atoms with Crippen LogP contribution in [0.1, 0.15) is 39.5 Å². The van der Waals surface area contributed by atoms with E-state index in [1.54, 1.807) is 0 Å². The highest BCUT2D eigenvalue weighted by Crippen LogP contribution is 2.64. The van der Waals surface area contributed by atoms with E-state index in [9.17, 15) is 9.59 Å². The van der Waals surface area contributed by atoms with Crippen molar-refractivity contribution in [1.29, 1.82) is 0 Å². The minimum absolute atomic E-state index is 0.195. The van der Waals surface area contributed by atoms with Gasteiger partial charge in [0.05, 0.1) is 37.2 Å². The Balaban J connectivity index is 1.77. The van der Waals surface area contributed by atoms with Crippen molar-refractivity contribution in [3.63, 3.8) is 0 Å². The Hall–Kier alpha value is -1.98. The van der Waals surface area contributed by atoms with Crippen LogP contribution < -0.4 is 0 Å². The third-order valence-electron chi connectivity index (χ3n) is 5.84. The molecule has 3 heterocycles. The second-order valence-corrected chi connectivity index (χ2v) is 7.22. The summed E-state index contributed by atoms with van der Waals surface area (Å²) in [5, 5.41) is 0. The lowest BCUT2D eigenvalue weighted by atomic mass is 9.48. The van der Waals surface area contributed by atoms with Gasteiger partial charge in [-0.25, -0.2) is 9.59 Å². The first kappa shape index (κ1) is 15.5. The summed E-state index contributed by atoms with van der Waals surface area (Å²) < 4.78 is 23.1. The molecule has 4 aliphatic rings. The zero-order chi connectivity index (χ0) is 16.9. The molecule has 0 aromatic heterocycles. The second-order valence-electron chi connectivity index (χ2n) is 7.22. The highest BCUT2D eigenvalue weighted by molar-refractivity contribution is 5.87. The first-order chi connectivity index (χ1) is 11.5. The largest absolute Gasteiger partial charge is 0.497 e. The lowest BCUT2D eigenvalue weighted by Gasteiger charge is -2.65. The van der Waals surface area contributed by atoms with Crippen LogP contribution in [0.5, 0.6) is 0 Å². The first-order valence-corrected chi connectivity index (χ1v) is 8.60. The number of ether oxygens (including phenoxy) is 4. The maximum Gasteiger partial charge on any atom is 0.334 e. The predicted molar refractivity (Wildman–Crippen MR) is 82.5 cm³/mol. The minimum Gasteiger partial charge on any atom is -0.497 e. The number of rotatable bonds is 0. The molecule has 4 rings (SSSR count). The molecule has 3 aliphatic heterocycles. The van der Waals surface area contributed by atoms with E-state index in [-0.39, 0.29) is 11.8 Å². The molecular formula is C18H22O6. The molecule has 0 radical (unpaired) electrons. The van der Waals surface area contributed by atoms with E-state index in [1.165, 1.54) is 12.2 Å². The number of hydrogen-bond donors (Lipinski definition) is 0. The first-order valence-electron chi connectivity index (χ1n) is 8.60. The van der Waals surface area contributed by atoms with Crippen molar-refractivity contribution in [2.75, 3.05) is 13.2 Å². The van der Waals surface area contributed by atoms with Crippen LogP contribution in [-0.4, -0.2) is 36.4 Å². The van der Waals surface area contributed by atoms with E-state index in [2.05, 4.69) is 0 Å². The monoisotopic (exact) mass is 334 g/mol. The summed E-state index contributed by atoms with van der Waals surface area (Å²) in [4.78, 5) is 24.1. The van der Waals surface area contributed by atoms with Crippen LogP contribution in [0.2, 0.25) is 0 Å². The zero-order valence-electron chi connectivity index (χ0n) is 14.0. The number of carbonyl (C=O) groups is 2. The number of esters is 2. The maximum absolute atomic E-state index is 12.1. The summed E-state index contributed by atoms with van der Waals surface area (Å²) in [6.45, 7) is 4.78. The van der Waals surface area contributed by atoms with Crippen molar-refractivity contribution < 1.29 is 28.5 Å². The Morgan fingerprint density at radius 3 is 1.62 bits per heavy atom. The highest BCUT2D eigenvalue weighted by Gasteiger charge is 2.77. The molecule has 0 spiro atoms. The topological polar surface area (TPSA) is 71.1 Å². The van der Waals surface area contributed by atoms with E-state index in [0.717, 1.165) is 25.7 Å². The molecule has 0 aromatic rings. The lowest BCUT2D eigenvalue weighted by Crippen LogP contribution is -2.78. The summed E-state index contributed by atoms with van der Waals surface area (Å²) in [6, 6.07) is 0. The SMILES string of the molecule is C[C@]12OC(=O)C=C3OCCCCCCOC4=CC(=O)O[C@]1(C)[C@H]4[C@@H]32. The average molecular weight is 334 g/mol. The quantitative estimate of drug-likeness (QED) is 0.633. The molecule has 1 saturated heterocycles.